The predicted molar refractivity (Wildman–Crippen MR) is 71.1 cm³/mol. The van der Waals surface area contributed by atoms with Crippen molar-refractivity contribution in [1.82, 2.24) is 5.32 Å². The number of benzene rings is 1. The molecule has 0 aromatic heterocycles. The van der Waals surface area contributed by atoms with Crippen molar-refractivity contribution in [2.45, 2.75) is 26.3 Å². The molecule has 0 aliphatic carbocycles. The van der Waals surface area contributed by atoms with Crippen LogP contribution in [-0.4, -0.2) is 17.9 Å². The number of halogens is 1. The molecule has 1 aromatic carbocycles. The minimum atomic E-state index is -0.693. The van der Waals surface area contributed by atoms with Crippen LogP contribution < -0.4 is 11.1 Å². The molecule has 5 heteroatoms. The van der Waals surface area contributed by atoms with E-state index in [2.05, 4.69) is 5.32 Å². The summed E-state index contributed by atoms with van der Waals surface area (Å²) in [5.74, 6) is -0.913. The standard InChI is InChI=1S/C13H17ClN2O2/c1-8(2)13(18)16-11(12(15)17)7-9-3-5-10(14)6-4-9/h3-6,8,11H,7H2,1-2H3,(H2,15,17)(H,16,18)/t11-/m0/s1. The number of carbonyl (C=O) groups excluding carboxylic acids is 2. The van der Waals surface area contributed by atoms with Gasteiger partial charge in [-0.3, -0.25) is 9.59 Å². The Hall–Kier alpha value is -1.55. The Morgan fingerprint density at radius 1 is 1.28 bits per heavy atom. The number of amides is 2. The molecule has 0 fully saturated rings. The van der Waals surface area contributed by atoms with Crippen LogP contribution in [0.15, 0.2) is 24.3 Å². The van der Waals surface area contributed by atoms with Crippen LogP contribution in [0.3, 0.4) is 0 Å². The summed E-state index contributed by atoms with van der Waals surface area (Å²) < 4.78 is 0. The molecule has 3 N–H and O–H groups in total. The number of primary amides is 1. The summed E-state index contributed by atoms with van der Waals surface area (Å²) in [4.78, 5) is 22.9. The van der Waals surface area contributed by atoms with Gasteiger partial charge in [-0.25, -0.2) is 0 Å². The number of nitrogens with two attached hydrogens (primary N) is 1. The van der Waals surface area contributed by atoms with Crippen LogP contribution >= 0.6 is 11.6 Å². The highest BCUT2D eigenvalue weighted by atomic mass is 35.5. The molecule has 18 heavy (non-hydrogen) atoms. The van der Waals surface area contributed by atoms with Gasteiger partial charge in [0.15, 0.2) is 0 Å². The summed E-state index contributed by atoms with van der Waals surface area (Å²) in [6, 6.07) is 6.39. The maximum Gasteiger partial charge on any atom is 0.240 e. The number of nitrogens with one attached hydrogen (secondary N) is 1. The van der Waals surface area contributed by atoms with Crippen LogP contribution in [0.25, 0.3) is 0 Å². The monoisotopic (exact) mass is 268 g/mol. The van der Waals surface area contributed by atoms with Gasteiger partial charge in [0.25, 0.3) is 0 Å². The SMILES string of the molecule is CC(C)C(=O)N[C@@H](Cc1ccc(Cl)cc1)C(N)=O. The third-order valence-electron chi connectivity index (χ3n) is 2.54. The Bertz CT molecular complexity index is 429. The van der Waals surface area contributed by atoms with Crippen molar-refractivity contribution >= 4 is 23.4 Å². The molecule has 0 saturated heterocycles. The molecule has 98 valence electrons. The van der Waals surface area contributed by atoms with E-state index in [9.17, 15) is 9.59 Å². The Morgan fingerprint density at radius 2 is 1.83 bits per heavy atom. The van der Waals surface area contributed by atoms with Gasteiger partial charge in [0.2, 0.25) is 11.8 Å². The van der Waals surface area contributed by atoms with E-state index in [-0.39, 0.29) is 11.8 Å². The van der Waals surface area contributed by atoms with Crippen molar-refractivity contribution in [2.75, 3.05) is 0 Å². The molecule has 0 heterocycles. The van der Waals surface area contributed by atoms with Gasteiger partial charge in [0.1, 0.15) is 6.04 Å². The van der Waals surface area contributed by atoms with Gasteiger partial charge in [0.05, 0.1) is 0 Å². The Balaban J connectivity index is 2.72. The topological polar surface area (TPSA) is 72.2 Å². The fourth-order valence-corrected chi connectivity index (χ4v) is 1.54. The van der Waals surface area contributed by atoms with Gasteiger partial charge in [-0.2, -0.15) is 0 Å². The van der Waals surface area contributed by atoms with E-state index in [1.807, 2.05) is 0 Å². The van der Waals surface area contributed by atoms with Crippen LogP contribution in [0.5, 0.6) is 0 Å². The summed E-state index contributed by atoms with van der Waals surface area (Å²) in [5, 5.41) is 3.26. The summed E-state index contributed by atoms with van der Waals surface area (Å²) in [6.07, 6.45) is 0.366. The lowest BCUT2D eigenvalue weighted by Crippen LogP contribution is -2.47. The molecule has 2 amide bonds. The zero-order valence-corrected chi connectivity index (χ0v) is 11.2. The van der Waals surface area contributed by atoms with Gasteiger partial charge in [-0.1, -0.05) is 37.6 Å². The number of hydrogen-bond acceptors (Lipinski definition) is 2. The Labute approximate surface area is 112 Å². The highest BCUT2D eigenvalue weighted by molar-refractivity contribution is 6.30. The normalized spacial score (nSPS) is 12.2. The second kappa shape index (κ2) is 6.40. The lowest BCUT2D eigenvalue weighted by molar-refractivity contribution is -0.129. The summed E-state index contributed by atoms with van der Waals surface area (Å²) in [5.41, 5.74) is 6.18. The molecule has 0 aliphatic rings. The molecule has 0 bridgehead atoms. The molecule has 0 radical (unpaired) electrons. The zero-order valence-electron chi connectivity index (χ0n) is 10.4. The van der Waals surface area contributed by atoms with Gasteiger partial charge in [0, 0.05) is 17.4 Å². The fraction of sp³-hybridized carbons (Fsp3) is 0.385. The van der Waals surface area contributed by atoms with Crippen molar-refractivity contribution in [2.24, 2.45) is 11.7 Å². The number of rotatable bonds is 5. The number of carbonyl (C=O) groups is 2. The molecule has 1 rings (SSSR count). The zero-order chi connectivity index (χ0) is 13.7. The summed E-state index contributed by atoms with van der Waals surface area (Å²) in [7, 11) is 0. The molecule has 0 spiro atoms. The van der Waals surface area contributed by atoms with E-state index in [1.165, 1.54) is 0 Å². The Kier molecular flexibility index (Phi) is 5.16. The summed E-state index contributed by atoms with van der Waals surface area (Å²) in [6.45, 7) is 3.52. The van der Waals surface area contributed by atoms with Crippen molar-refractivity contribution < 1.29 is 9.59 Å². The van der Waals surface area contributed by atoms with Crippen LogP contribution in [0.4, 0.5) is 0 Å². The molecule has 1 aromatic rings. The van der Waals surface area contributed by atoms with E-state index in [4.69, 9.17) is 17.3 Å². The molecule has 1 atom stereocenters. The van der Waals surface area contributed by atoms with Crippen molar-refractivity contribution in [3.05, 3.63) is 34.9 Å². The van der Waals surface area contributed by atoms with Crippen molar-refractivity contribution in [1.29, 1.82) is 0 Å². The third kappa shape index (κ3) is 4.37. The average Bonchev–Trinajstić information content (AvgIpc) is 2.30. The van der Waals surface area contributed by atoms with Crippen LogP contribution in [0, 0.1) is 5.92 Å². The van der Waals surface area contributed by atoms with Crippen LogP contribution in [-0.2, 0) is 16.0 Å². The molecule has 0 saturated carbocycles. The first kappa shape index (κ1) is 14.5. The second-order valence-corrected chi connectivity index (χ2v) is 4.89. The smallest absolute Gasteiger partial charge is 0.240 e. The third-order valence-corrected chi connectivity index (χ3v) is 2.79. The average molecular weight is 269 g/mol. The van der Waals surface area contributed by atoms with E-state index in [1.54, 1.807) is 38.1 Å². The highest BCUT2D eigenvalue weighted by Crippen LogP contribution is 2.11. The van der Waals surface area contributed by atoms with Crippen molar-refractivity contribution in [3.63, 3.8) is 0 Å². The first-order valence-corrected chi connectivity index (χ1v) is 6.12. The van der Waals surface area contributed by atoms with Gasteiger partial charge < -0.3 is 11.1 Å². The quantitative estimate of drug-likeness (QED) is 0.850. The first-order chi connectivity index (χ1) is 8.40. The van der Waals surface area contributed by atoms with E-state index < -0.39 is 11.9 Å². The first-order valence-electron chi connectivity index (χ1n) is 5.74. The largest absolute Gasteiger partial charge is 0.368 e. The maximum atomic E-state index is 11.6. The molecule has 0 unspecified atom stereocenters. The van der Waals surface area contributed by atoms with E-state index in [0.717, 1.165) is 5.56 Å². The predicted octanol–water partition coefficient (Wildman–Crippen LogP) is 1.51. The van der Waals surface area contributed by atoms with Gasteiger partial charge >= 0.3 is 0 Å². The maximum absolute atomic E-state index is 11.6. The van der Waals surface area contributed by atoms with Crippen molar-refractivity contribution in [3.8, 4) is 0 Å². The molecule has 0 aliphatic heterocycles. The van der Waals surface area contributed by atoms with Crippen LogP contribution in [0.2, 0.25) is 5.02 Å². The van der Waals surface area contributed by atoms with Gasteiger partial charge in [-0.15, -0.1) is 0 Å². The molecular formula is C13H17ClN2O2. The lowest BCUT2D eigenvalue weighted by Gasteiger charge is -2.17. The molecule has 4 nitrogen and oxygen atoms in total. The van der Waals surface area contributed by atoms with E-state index >= 15 is 0 Å². The number of hydrogen-bond donors (Lipinski definition) is 2. The fourth-order valence-electron chi connectivity index (χ4n) is 1.42. The minimum Gasteiger partial charge on any atom is -0.368 e. The van der Waals surface area contributed by atoms with E-state index in [0.29, 0.717) is 11.4 Å². The highest BCUT2D eigenvalue weighted by Gasteiger charge is 2.19. The second-order valence-electron chi connectivity index (χ2n) is 4.45. The minimum absolute atomic E-state index is 0.183. The summed E-state index contributed by atoms with van der Waals surface area (Å²) >= 11 is 5.78. The molecular weight excluding hydrogens is 252 g/mol. The lowest BCUT2D eigenvalue weighted by atomic mass is 10.0. The van der Waals surface area contributed by atoms with Gasteiger partial charge in [-0.05, 0) is 17.7 Å². The Morgan fingerprint density at radius 3 is 2.28 bits per heavy atom. The van der Waals surface area contributed by atoms with Crippen LogP contribution in [0.1, 0.15) is 19.4 Å².